The predicted octanol–water partition coefficient (Wildman–Crippen LogP) is 2.87. The summed E-state index contributed by atoms with van der Waals surface area (Å²) in [6, 6.07) is 3.58. The standard InChI is InChI=1S/C12H14BrF3N2OS/c13-11-2-1-10(20-11)9(19)7-17-3-5-18(6-4-17)8-12(14,15)16/h1-2H,3-8H2. The number of piperazine rings is 1. The van der Waals surface area contributed by atoms with Crippen molar-refractivity contribution in [1.82, 2.24) is 9.80 Å². The van der Waals surface area contributed by atoms with Crippen LogP contribution in [0.2, 0.25) is 0 Å². The number of Topliss-reactive ketones (excluding diaryl/α,β-unsaturated/α-hetero) is 1. The van der Waals surface area contributed by atoms with Crippen LogP contribution in [0.15, 0.2) is 15.9 Å². The Morgan fingerprint density at radius 2 is 1.80 bits per heavy atom. The van der Waals surface area contributed by atoms with Crippen molar-refractivity contribution < 1.29 is 18.0 Å². The summed E-state index contributed by atoms with van der Waals surface area (Å²) in [5.41, 5.74) is 0. The zero-order chi connectivity index (χ0) is 14.8. The van der Waals surface area contributed by atoms with E-state index in [4.69, 9.17) is 0 Å². The Kier molecular flexibility index (Phi) is 5.22. The van der Waals surface area contributed by atoms with Gasteiger partial charge in [0.2, 0.25) is 0 Å². The fourth-order valence-electron chi connectivity index (χ4n) is 2.10. The number of rotatable bonds is 4. The second-order valence-electron chi connectivity index (χ2n) is 4.69. The molecule has 0 aromatic carbocycles. The number of halogens is 4. The van der Waals surface area contributed by atoms with Crippen LogP contribution in [-0.4, -0.2) is 61.0 Å². The Bertz CT molecular complexity index is 470. The van der Waals surface area contributed by atoms with Crippen LogP contribution >= 0.6 is 27.3 Å². The van der Waals surface area contributed by atoms with E-state index in [2.05, 4.69) is 15.9 Å². The highest BCUT2D eigenvalue weighted by atomic mass is 79.9. The van der Waals surface area contributed by atoms with Crippen molar-refractivity contribution in [1.29, 1.82) is 0 Å². The maximum atomic E-state index is 12.3. The Balaban J connectivity index is 1.78. The third-order valence-corrected chi connectivity index (χ3v) is 4.75. The van der Waals surface area contributed by atoms with Crippen molar-refractivity contribution in [2.24, 2.45) is 0 Å². The molecule has 1 saturated heterocycles. The first kappa shape index (κ1) is 15.9. The summed E-state index contributed by atoms with van der Waals surface area (Å²) in [7, 11) is 0. The molecule has 0 atom stereocenters. The lowest BCUT2D eigenvalue weighted by molar-refractivity contribution is -0.149. The zero-order valence-corrected chi connectivity index (χ0v) is 13.0. The summed E-state index contributed by atoms with van der Waals surface area (Å²) in [5.74, 6) is 0.0185. The normalized spacial score (nSPS) is 18.4. The van der Waals surface area contributed by atoms with Gasteiger partial charge in [0.05, 0.1) is 21.8 Å². The summed E-state index contributed by atoms with van der Waals surface area (Å²) in [6.07, 6.45) is -4.15. The highest BCUT2D eigenvalue weighted by Crippen LogP contribution is 2.23. The number of hydrogen-bond donors (Lipinski definition) is 0. The lowest BCUT2D eigenvalue weighted by atomic mass is 10.2. The molecule has 8 heteroatoms. The molecule has 20 heavy (non-hydrogen) atoms. The van der Waals surface area contributed by atoms with Gasteiger partial charge in [0.15, 0.2) is 5.78 Å². The third kappa shape index (κ3) is 4.83. The van der Waals surface area contributed by atoms with E-state index < -0.39 is 12.7 Å². The Morgan fingerprint density at radius 1 is 1.20 bits per heavy atom. The van der Waals surface area contributed by atoms with Crippen molar-refractivity contribution in [2.75, 3.05) is 39.3 Å². The number of thiophene rings is 1. The molecule has 0 unspecified atom stereocenters. The van der Waals surface area contributed by atoms with E-state index in [1.165, 1.54) is 16.2 Å². The van der Waals surface area contributed by atoms with Crippen LogP contribution in [0.1, 0.15) is 9.67 Å². The van der Waals surface area contributed by atoms with Crippen LogP contribution in [0.3, 0.4) is 0 Å². The van der Waals surface area contributed by atoms with Crippen molar-refractivity contribution in [3.8, 4) is 0 Å². The molecule has 0 saturated carbocycles. The van der Waals surface area contributed by atoms with Crippen molar-refractivity contribution >= 4 is 33.0 Å². The van der Waals surface area contributed by atoms with Crippen molar-refractivity contribution in [3.05, 3.63) is 20.8 Å². The second kappa shape index (κ2) is 6.55. The molecule has 1 fully saturated rings. The average molecular weight is 371 g/mol. The SMILES string of the molecule is O=C(CN1CCN(CC(F)(F)F)CC1)c1ccc(Br)s1. The van der Waals surface area contributed by atoms with E-state index in [0.717, 1.165) is 3.79 Å². The highest BCUT2D eigenvalue weighted by molar-refractivity contribution is 9.11. The van der Waals surface area contributed by atoms with Crippen LogP contribution in [0, 0.1) is 0 Å². The minimum absolute atomic E-state index is 0.0185. The first-order chi connectivity index (χ1) is 9.33. The first-order valence-electron chi connectivity index (χ1n) is 6.13. The Labute approximate surface area is 127 Å². The molecule has 0 radical (unpaired) electrons. The molecule has 0 bridgehead atoms. The van der Waals surface area contributed by atoms with E-state index in [1.807, 2.05) is 11.0 Å². The summed E-state index contributed by atoms with van der Waals surface area (Å²) < 4.78 is 37.7. The van der Waals surface area contributed by atoms with Gasteiger partial charge in [-0.15, -0.1) is 11.3 Å². The van der Waals surface area contributed by atoms with Gasteiger partial charge >= 0.3 is 6.18 Å². The molecule has 1 aliphatic heterocycles. The van der Waals surface area contributed by atoms with Gasteiger partial charge in [0, 0.05) is 26.2 Å². The number of hydrogen-bond acceptors (Lipinski definition) is 4. The minimum Gasteiger partial charge on any atom is -0.293 e. The number of nitrogens with zero attached hydrogens (tertiary/aromatic N) is 2. The topological polar surface area (TPSA) is 23.6 Å². The molecule has 2 rings (SSSR count). The molecular weight excluding hydrogens is 357 g/mol. The smallest absolute Gasteiger partial charge is 0.293 e. The molecule has 3 nitrogen and oxygen atoms in total. The highest BCUT2D eigenvalue weighted by Gasteiger charge is 2.32. The van der Waals surface area contributed by atoms with Crippen LogP contribution in [-0.2, 0) is 0 Å². The first-order valence-corrected chi connectivity index (χ1v) is 7.74. The van der Waals surface area contributed by atoms with Gasteiger partial charge < -0.3 is 0 Å². The van der Waals surface area contributed by atoms with Crippen LogP contribution in [0.5, 0.6) is 0 Å². The zero-order valence-electron chi connectivity index (χ0n) is 10.6. The van der Waals surface area contributed by atoms with Gasteiger partial charge in [-0.05, 0) is 28.1 Å². The Hall–Kier alpha value is -0.440. The van der Waals surface area contributed by atoms with E-state index >= 15 is 0 Å². The summed E-state index contributed by atoms with van der Waals surface area (Å²) in [6.45, 7) is 1.09. The summed E-state index contributed by atoms with van der Waals surface area (Å²) >= 11 is 4.68. The van der Waals surface area contributed by atoms with Crippen molar-refractivity contribution in [3.63, 3.8) is 0 Å². The molecule has 2 heterocycles. The number of carbonyl (C=O) groups is 1. The molecule has 1 aliphatic rings. The number of ketones is 1. The maximum Gasteiger partial charge on any atom is 0.401 e. The maximum absolute atomic E-state index is 12.3. The van der Waals surface area contributed by atoms with Crippen LogP contribution in [0.4, 0.5) is 13.2 Å². The number of alkyl halides is 3. The monoisotopic (exact) mass is 370 g/mol. The van der Waals surface area contributed by atoms with Gasteiger partial charge in [-0.3, -0.25) is 14.6 Å². The van der Waals surface area contributed by atoms with Crippen molar-refractivity contribution in [2.45, 2.75) is 6.18 Å². The second-order valence-corrected chi connectivity index (χ2v) is 7.16. The largest absolute Gasteiger partial charge is 0.401 e. The fourth-order valence-corrected chi connectivity index (χ4v) is 3.42. The summed E-state index contributed by atoms with van der Waals surface area (Å²) in [5, 5.41) is 0. The molecule has 0 aliphatic carbocycles. The van der Waals surface area contributed by atoms with Gasteiger partial charge in [-0.25, -0.2) is 0 Å². The van der Waals surface area contributed by atoms with E-state index in [-0.39, 0.29) is 12.3 Å². The van der Waals surface area contributed by atoms with E-state index in [1.54, 1.807) is 6.07 Å². The van der Waals surface area contributed by atoms with Crippen LogP contribution < -0.4 is 0 Å². The van der Waals surface area contributed by atoms with Crippen LogP contribution in [0.25, 0.3) is 0 Å². The van der Waals surface area contributed by atoms with Gasteiger partial charge in [0.1, 0.15) is 0 Å². The molecule has 1 aromatic rings. The Morgan fingerprint density at radius 3 is 2.30 bits per heavy atom. The van der Waals surface area contributed by atoms with E-state index in [9.17, 15) is 18.0 Å². The lowest BCUT2D eigenvalue weighted by Crippen LogP contribution is -2.50. The molecule has 0 spiro atoms. The van der Waals surface area contributed by atoms with Gasteiger partial charge in [-0.1, -0.05) is 0 Å². The fraction of sp³-hybridized carbons (Fsp3) is 0.583. The minimum atomic E-state index is -4.15. The molecule has 0 amide bonds. The molecule has 1 aromatic heterocycles. The van der Waals surface area contributed by atoms with Gasteiger partial charge in [0.25, 0.3) is 0 Å². The molecular formula is C12H14BrF3N2OS. The van der Waals surface area contributed by atoms with E-state index in [0.29, 0.717) is 31.1 Å². The summed E-state index contributed by atoms with van der Waals surface area (Å²) in [4.78, 5) is 15.9. The number of carbonyl (C=O) groups excluding carboxylic acids is 1. The molecule has 0 N–H and O–H groups in total. The lowest BCUT2D eigenvalue weighted by Gasteiger charge is -2.34. The average Bonchev–Trinajstić information content (AvgIpc) is 2.77. The molecule has 112 valence electrons. The third-order valence-electron chi connectivity index (χ3n) is 3.08. The quantitative estimate of drug-likeness (QED) is 0.761. The predicted molar refractivity (Wildman–Crippen MR) is 75.3 cm³/mol. The van der Waals surface area contributed by atoms with Gasteiger partial charge in [-0.2, -0.15) is 13.2 Å².